The molecule has 1 aliphatic carbocycles. The number of anilines is 1. The minimum atomic E-state index is -0.800. The topological polar surface area (TPSA) is 79.5 Å². The number of fused-ring (bicyclic) bond motifs is 3. The van der Waals surface area contributed by atoms with Crippen LogP contribution in [0.1, 0.15) is 35.8 Å². The van der Waals surface area contributed by atoms with Gasteiger partial charge >= 0.3 is 6.09 Å². The van der Waals surface area contributed by atoms with Gasteiger partial charge in [0.25, 0.3) is 0 Å². The molecule has 1 amide bonds. The van der Waals surface area contributed by atoms with E-state index in [0.717, 1.165) is 31.4 Å². The van der Waals surface area contributed by atoms with Gasteiger partial charge in [-0.1, -0.05) is 0 Å². The van der Waals surface area contributed by atoms with Gasteiger partial charge in [0.1, 0.15) is 0 Å². The quantitative estimate of drug-likeness (QED) is 0.740. The fourth-order valence-corrected chi connectivity index (χ4v) is 4.02. The second kappa shape index (κ2) is 3.87. The van der Waals surface area contributed by atoms with Crippen LogP contribution in [0.2, 0.25) is 0 Å². The molecule has 1 fully saturated rings. The Morgan fingerprint density at radius 2 is 2.35 bits per heavy atom. The van der Waals surface area contributed by atoms with E-state index in [2.05, 4.69) is 4.98 Å². The van der Waals surface area contributed by atoms with Crippen LogP contribution in [0.5, 0.6) is 0 Å². The lowest BCUT2D eigenvalue weighted by Gasteiger charge is -2.41. The highest BCUT2D eigenvalue weighted by Gasteiger charge is 2.40. The summed E-state index contributed by atoms with van der Waals surface area (Å²) < 4.78 is 0. The molecule has 0 aromatic carbocycles. The molecule has 0 radical (unpaired) electrons. The first-order valence-corrected chi connectivity index (χ1v) is 6.73. The number of likely N-dealkylation sites (tertiary alicyclic amines) is 1. The van der Waals surface area contributed by atoms with Crippen LogP contribution in [0.4, 0.5) is 9.93 Å². The van der Waals surface area contributed by atoms with Crippen LogP contribution in [0.3, 0.4) is 0 Å². The number of aromatic nitrogens is 1. The summed E-state index contributed by atoms with van der Waals surface area (Å²) in [7, 11) is 0. The highest BCUT2D eigenvalue weighted by Crippen LogP contribution is 2.42. The molecule has 0 bridgehead atoms. The van der Waals surface area contributed by atoms with Crippen molar-refractivity contribution < 1.29 is 9.90 Å². The molecule has 1 aromatic heterocycles. The van der Waals surface area contributed by atoms with Crippen molar-refractivity contribution in [3.8, 4) is 0 Å². The Balaban J connectivity index is 1.95. The van der Waals surface area contributed by atoms with Crippen LogP contribution < -0.4 is 5.73 Å². The highest BCUT2D eigenvalue weighted by molar-refractivity contribution is 7.15. The zero-order valence-electron chi connectivity index (χ0n) is 9.43. The predicted octanol–water partition coefficient (Wildman–Crippen LogP) is 1.90. The number of rotatable bonds is 0. The summed E-state index contributed by atoms with van der Waals surface area (Å²) in [5, 5.41) is 9.83. The van der Waals surface area contributed by atoms with E-state index in [1.165, 1.54) is 4.88 Å². The normalized spacial score (nSPS) is 27.4. The van der Waals surface area contributed by atoms with Gasteiger partial charge in [-0.25, -0.2) is 9.78 Å². The van der Waals surface area contributed by atoms with E-state index >= 15 is 0 Å². The number of amides is 1. The van der Waals surface area contributed by atoms with E-state index < -0.39 is 6.09 Å². The molecule has 2 aliphatic rings. The summed E-state index contributed by atoms with van der Waals surface area (Å²) >= 11 is 1.56. The molecule has 6 heteroatoms. The zero-order valence-corrected chi connectivity index (χ0v) is 10.2. The first kappa shape index (κ1) is 10.8. The van der Waals surface area contributed by atoms with Crippen molar-refractivity contribution in [1.29, 1.82) is 0 Å². The van der Waals surface area contributed by atoms with Crippen LogP contribution in [-0.4, -0.2) is 33.7 Å². The third kappa shape index (κ3) is 1.67. The largest absolute Gasteiger partial charge is 0.465 e. The monoisotopic (exact) mass is 253 g/mol. The Morgan fingerprint density at radius 1 is 1.53 bits per heavy atom. The second-order valence-electron chi connectivity index (χ2n) is 4.69. The van der Waals surface area contributed by atoms with Crippen LogP contribution in [0.15, 0.2) is 0 Å². The first-order chi connectivity index (χ1) is 8.16. The lowest BCUT2D eigenvalue weighted by molar-refractivity contribution is 0.0893. The average molecular weight is 253 g/mol. The number of hydrogen-bond acceptors (Lipinski definition) is 4. The maximum absolute atomic E-state index is 11.2. The molecule has 1 saturated heterocycles. The fraction of sp³-hybridized carbons (Fsp3) is 0.636. The molecule has 92 valence electrons. The SMILES string of the molecule is Nc1nc2c(s1)CC[C@H]1[C@H]2CCCN1C(=O)O. The molecular weight excluding hydrogens is 238 g/mol. The van der Waals surface area contributed by atoms with Gasteiger partial charge in [0.15, 0.2) is 5.13 Å². The van der Waals surface area contributed by atoms with E-state index in [9.17, 15) is 9.90 Å². The third-order valence-electron chi connectivity index (χ3n) is 3.79. The molecule has 0 unspecified atom stereocenters. The van der Waals surface area contributed by atoms with Gasteiger partial charge in [-0.2, -0.15) is 0 Å². The number of carbonyl (C=O) groups is 1. The molecule has 17 heavy (non-hydrogen) atoms. The number of nitrogens with two attached hydrogens (primary N) is 1. The van der Waals surface area contributed by atoms with Crippen molar-refractivity contribution in [2.45, 2.75) is 37.6 Å². The summed E-state index contributed by atoms with van der Waals surface area (Å²) in [5.41, 5.74) is 6.82. The Labute approximate surface area is 103 Å². The summed E-state index contributed by atoms with van der Waals surface area (Å²) in [6.45, 7) is 0.658. The van der Waals surface area contributed by atoms with E-state index in [0.29, 0.717) is 11.7 Å². The molecule has 0 spiro atoms. The van der Waals surface area contributed by atoms with Crippen LogP contribution in [0.25, 0.3) is 0 Å². The van der Waals surface area contributed by atoms with Crippen LogP contribution in [-0.2, 0) is 6.42 Å². The number of carboxylic acid groups (broad SMARTS) is 1. The minimum absolute atomic E-state index is 0.107. The number of nitrogen functional groups attached to an aromatic ring is 1. The van der Waals surface area contributed by atoms with Crippen molar-refractivity contribution in [1.82, 2.24) is 9.88 Å². The standard InChI is InChI=1S/C11H15N3O2S/c12-10-13-9-6-2-1-5-14(11(15)16)7(6)3-4-8(9)17-10/h6-7H,1-5H2,(H2,12,13)(H,15,16)/t6-,7+/m1/s1. The Kier molecular flexibility index (Phi) is 2.47. The second-order valence-corrected chi connectivity index (χ2v) is 5.81. The number of aryl methyl sites for hydroxylation is 1. The number of piperidine rings is 1. The summed E-state index contributed by atoms with van der Waals surface area (Å²) in [5.74, 6) is 0.261. The van der Waals surface area contributed by atoms with Crippen molar-refractivity contribution >= 4 is 22.6 Å². The van der Waals surface area contributed by atoms with Gasteiger partial charge in [-0.15, -0.1) is 11.3 Å². The van der Waals surface area contributed by atoms with Gasteiger partial charge in [-0.05, 0) is 25.7 Å². The van der Waals surface area contributed by atoms with Crippen molar-refractivity contribution in [2.75, 3.05) is 12.3 Å². The fourth-order valence-electron chi connectivity index (χ4n) is 3.10. The Bertz CT molecular complexity index is 460. The van der Waals surface area contributed by atoms with E-state index in [-0.39, 0.29) is 12.0 Å². The van der Waals surface area contributed by atoms with Gasteiger partial charge in [0, 0.05) is 23.4 Å². The van der Waals surface area contributed by atoms with Crippen LogP contribution >= 0.6 is 11.3 Å². The maximum atomic E-state index is 11.2. The van der Waals surface area contributed by atoms with Gasteiger partial charge < -0.3 is 15.7 Å². The lowest BCUT2D eigenvalue weighted by Crippen LogP contribution is -2.48. The van der Waals surface area contributed by atoms with E-state index in [4.69, 9.17) is 5.73 Å². The van der Waals surface area contributed by atoms with Crippen molar-refractivity contribution in [3.05, 3.63) is 10.6 Å². The molecule has 1 aromatic rings. The number of thiazole rings is 1. The van der Waals surface area contributed by atoms with E-state index in [1.807, 2.05) is 0 Å². The summed E-state index contributed by atoms with van der Waals surface area (Å²) in [6, 6.07) is 0.107. The minimum Gasteiger partial charge on any atom is -0.465 e. The number of nitrogens with zero attached hydrogens (tertiary/aromatic N) is 2. The van der Waals surface area contributed by atoms with Crippen molar-refractivity contribution in [2.24, 2.45) is 0 Å². The van der Waals surface area contributed by atoms with Crippen molar-refractivity contribution in [3.63, 3.8) is 0 Å². The smallest absolute Gasteiger partial charge is 0.407 e. The predicted molar refractivity (Wildman–Crippen MR) is 65.3 cm³/mol. The summed E-state index contributed by atoms with van der Waals surface area (Å²) in [6.07, 6.45) is 2.97. The first-order valence-electron chi connectivity index (χ1n) is 5.91. The molecule has 3 rings (SSSR count). The van der Waals surface area contributed by atoms with Gasteiger partial charge in [0.2, 0.25) is 0 Å². The Morgan fingerprint density at radius 3 is 3.12 bits per heavy atom. The molecule has 2 atom stereocenters. The molecule has 1 aliphatic heterocycles. The molecule has 3 N–H and O–H groups in total. The average Bonchev–Trinajstić information content (AvgIpc) is 2.68. The molecule has 0 saturated carbocycles. The lowest BCUT2D eigenvalue weighted by atomic mass is 9.79. The third-order valence-corrected chi connectivity index (χ3v) is 4.75. The Hall–Kier alpha value is -1.30. The molecule has 5 nitrogen and oxygen atoms in total. The van der Waals surface area contributed by atoms with Crippen LogP contribution in [0, 0.1) is 0 Å². The molecular formula is C11H15N3O2S. The zero-order chi connectivity index (χ0) is 12.0. The molecule has 2 heterocycles. The maximum Gasteiger partial charge on any atom is 0.407 e. The van der Waals surface area contributed by atoms with E-state index in [1.54, 1.807) is 16.2 Å². The van der Waals surface area contributed by atoms with Gasteiger partial charge in [-0.3, -0.25) is 0 Å². The summed E-state index contributed by atoms with van der Waals surface area (Å²) in [4.78, 5) is 18.5. The van der Waals surface area contributed by atoms with Gasteiger partial charge in [0.05, 0.1) is 5.69 Å². The number of hydrogen-bond donors (Lipinski definition) is 2. The highest BCUT2D eigenvalue weighted by atomic mass is 32.1.